The minimum atomic E-state index is 0. The Labute approximate surface area is 112 Å². The lowest BCUT2D eigenvalue weighted by Gasteiger charge is -2.06. The summed E-state index contributed by atoms with van der Waals surface area (Å²) in [5.41, 5.74) is 11.3. The first-order valence-corrected chi connectivity index (χ1v) is 6.38. The smallest absolute Gasteiger partial charge is 0.0801 e. The molecule has 17 heavy (non-hydrogen) atoms. The van der Waals surface area contributed by atoms with E-state index in [1.165, 1.54) is 21.7 Å². The molecule has 0 aliphatic carbocycles. The summed E-state index contributed by atoms with van der Waals surface area (Å²) < 4.78 is 0. The van der Waals surface area contributed by atoms with Gasteiger partial charge < -0.3 is 5.73 Å². The molecule has 1 aromatic carbocycles. The summed E-state index contributed by atoms with van der Waals surface area (Å²) in [6.07, 6.45) is 0.980. The quantitative estimate of drug-likeness (QED) is 0.919. The van der Waals surface area contributed by atoms with E-state index < -0.39 is 0 Å². The van der Waals surface area contributed by atoms with Gasteiger partial charge in [0.25, 0.3) is 0 Å². The summed E-state index contributed by atoms with van der Waals surface area (Å²) in [6.45, 7) is 4.13. The monoisotopic (exact) mass is 268 g/mol. The molecule has 1 unspecified atom stereocenters. The molecule has 1 atom stereocenters. The Bertz CT molecular complexity index is 463. The van der Waals surface area contributed by atoms with Crippen LogP contribution in [0.25, 0.3) is 10.4 Å². The molecule has 0 aliphatic heterocycles. The summed E-state index contributed by atoms with van der Waals surface area (Å²) in [5.74, 6) is 0. The van der Waals surface area contributed by atoms with Gasteiger partial charge in [-0.2, -0.15) is 0 Å². The lowest BCUT2D eigenvalue weighted by molar-refractivity contribution is 0.818. The van der Waals surface area contributed by atoms with Crippen molar-refractivity contribution in [2.45, 2.75) is 26.3 Å². The largest absolute Gasteiger partial charge is 0.324 e. The summed E-state index contributed by atoms with van der Waals surface area (Å²) in [6, 6.07) is 8.55. The van der Waals surface area contributed by atoms with Gasteiger partial charge in [-0.1, -0.05) is 31.2 Å². The van der Waals surface area contributed by atoms with Crippen LogP contribution in [-0.2, 0) is 6.42 Å². The Morgan fingerprint density at radius 1 is 1.29 bits per heavy atom. The van der Waals surface area contributed by atoms with Gasteiger partial charge in [-0.25, -0.2) is 4.98 Å². The van der Waals surface area contributed by atoms with Crippen LogP contribution >= 0.6 is 23.7 Å². The van der Waals surface area contributed by atoms with Crippen molar-refractivity contribution < 1.29 is 0 Å². The van der Waals surface area contributed by atoms with Crippen LogP contribution in [0.4, 0.5) is 0 Å². The Hall–Kier alpha value is -0.900. The molecule has 2 aromatic rings. The van der Waals surface area contributed by atoms with Gasteiger partial charge in [0, 0.05) is 6.04 Å². The van der Waals surface area contributed by atoms with Gasteiger partial charge in [-0.3, -0.25) is 0 Å². The van der Waals surface area contributed by atoms with Crippen LogP contribution in [0.1, 0.15) is 31.1 Å². The highest BCUT2D eigenvalue weighted by Crippen LogP contribution is 2.28. The van der Waals surface area contributed by atoms with Crippen LogP contribution in [-0.4, -0.2) is 4.98 Å². The summed E-state index contributed by atoms with van der Waals surface area (Å²) in [4.78, 5) is 5.64. The number of nitrogens with zero attached hydrogens (tertiary/aromatic N) is 1. The molecule has 0 bridgehead atoms. The van der Waals surface area contributed by atoms with E-state index in [1.807, 2.05) is 12.4 Å². The van der Waals surface area contributed by atoms with Gasteiger partial charge >= 0.3 is 0 Å². The number of aromatic nitrogens is 1. The van der Waals surface area contributed by atoms with E-state index in [0.29, 0.717) is 0 Å². The Kier molecular flexibility index (Phi) is 5.12. The summed E-state index contributed by atoms with van der Waals surface area (Å²) in [5, 5.41) is 0. The molecular weight excluding hydrogens is 252 g/mol. The molecule has 1 aromatic heterocycles. The number of hydrogen-bond acceptors (Lipinski definition) is 3. The maximum Gasteiger partial charge on any atom is 0.0801 e. The Morgan fingerprint density at radius 3 is 2.47 bits per heavy atom. The Balaban J connectivity index is 0.00000144. The van der Waals surface area contributed by atoms with Crippen molar-refractivity contribution in [3.05, 3.63) is 41.0 Å². The second-order valence-corrected chi connectivity index (χ2v) is 4.75. The molecule has 2 rings (SSSR count). The molecule has 0 saturated heterocycles. The number of benzene rings is 1. The van der Waals surface area contributed by atoms with Crippen LogP contribution in [0, 0.1) is 0 Å². The van der Waals surface area contributed by atoms with Gasteiger partial charge in [-0.15, -0.1) is 23.7 Å². The van der Waals surface area contributed by atoms with Crippen molar-refractivity contribution in [3.8, 4) is 10.4 Å². The first kappa shape index (κ1) is 14.2. The molecule has 92 valence electrons. The first-order valence-electron chi connectivity index (χ1n) is 5.50. The fraction of sp³-hybridized carbons (Fsp3) is 0.308. The molecule has 1 heterocycles. The van der Waals surface area contributed by atoms with Crippen LogP contribution in [0.2, 0.25) is 0 Å². The molecule has 0 amide bonds. The van der Waals surface area contributed by atoms with Crippen molar-refractivity contribution in [1.82, 2.24) is 4.98 Å². The number of thiazole rings is 1. The molecule has 0 fully saturated rings. The second-order valence-electron chi connectivity index (χ2n) is 3.89. The molecule has 0 saturated carbocycles. The highest BCUT2D eigenvalue weighted by Gasteiger charge is 2.07. The van der Waals surface area contributed by atoms with Crippen LogP contribution < -0.4 is 5.73 Å². The van der Waals surface area contributed by atoms with E-state index in [0.717, 1.165) is 6.42 Å². The number of hydrogen-bond donors (Lipinski definition) is 1. The van der Waals surface area contributed by atoms with Crippen molar-refractivity contribution in [1.29, 1.82) is 0 Å². The van der Waals surface area contributed by atoms with E-state index in [4.69, 9.17) is 5.73 Å². The number of halogens is 1. The lowest BCUT2D eigenvalue weighted by atomic mass is 10.1. The van der Waals surface area contributed by atoms with Gasteiger partial charge in [0.2, 0.25) is 0 Å². The predicted octanol–water partition coefficient (Wildman–Crippen LogP) is 3.81. The third-order valence-corrected chi connectivity index (χ3v) is 3.59. The van der Waals surface area contributed by atoms with Crippen molar-refractivity contribution in [2.24, 2.45) is 5.73 Å². The maximum atomic E-state index is 5.83. The minimum absolute atomic E-state index is 0. The highest BCUT2D eigenvalue weighted by atomic mass is 35.5. The zero-order chi connectivity index (χ0) is 11.5. The van der Waals surface area contributed by atoms with Crippen LogP contribution in [0.15, 0.2) is 29.8 Å². The van der Waals surface area contributed by atoms with E-state index in [1.54, 1.807) is 11.3 Å². The van der Waals surface area contributed by atoms with Gasteiger partial charge in [0.15, 0.2) is 0 Å². The van der Waals surface area contributed by atoms with Crippen molar-refractivity contribution in [3.63, 3.8) is 0 Å². The average molecular weight is 269 g/mol. The fourth-order valence-corrected chi connectivity index (χ4v) is 2.58. The SMILES string of the molecule is CCc1ncsc1-c1ccc(C(C)N)cc1.Cl. The van der Waals surface area contributed by atoms with Gasteiger partial charge in [-0.05, 0) is 24.5 Å². The third kappa shape index (κ3) is 3.06. The zero-order valence-electron chi connectivity index (χ0n) is 10.0. The molecule has 0 aliphatic rings. The molecule has 2 N–H and O–H groups in total. The lowest BCUT2D eigenvalue weighted by Crippen LogP contribution is -2.04. The maximum absolute atomic E-state index is 5.83. The van der Waals surface area contributed by atoms with E-state index in [9.17, 15) is 0 Å². The van der Waals surface area contributed by atoms with Gasteiger partial charge in [0.1, 0.15) is 0 Å². The number of nitrogens with two attached hydrogens (primary N) is 1. The highest BCUT2D eigenvalue weighted by molar-refractivity contribution is 7.13. The van der Waals surface area contributed by atoms with Gasteiger partial charge in [0.05, 0.1) is 16.1 Å². The average Bonchev–Trinajstić information content (AvgIpc) is 2.77. The first-order chi connectivity index (χ1) is 7.72. The number of aryl methyl sites for hydroxylation is 1. The molecule has 0 spiro atoms. The Morgan fingerprint density at radius 2 is 1.94 bits per heavy atom. The second kappa shape index (κ2) is 6.15. The van der Waals surface area contributed by atoms with E-state index >= 15 is 0 Å². The van der Waals surface area contributed by atoms with Crippen molar-refractivity contribution in [2.75, 3.05) is 0 Å². The third-order valence-electron chi connectivity index (χ3n) is 2.67. The molecule has 0 radical (unpaired) electrons. The standard InChI is InChI=1S/C13H16N2S.ClH/c1-3-12-13(16-8-15-12)11-6-4-10(5-7-11)9(2)14;/h4-9H,3,14H2,1-2H3;1H. The minimum Gasteiger partial charge on any atom is -0.324 e. The summed E-state index contributed by atoms with van der Waals surface area (Å²) >= 11 is 1.70. The summed E-state index contributed by atoms with van der Waals surface area (Å²) in [7, 11) is 0. The normalized spacial score (nSPS) is 11.9. The molecule has 2 nitrogen and oxygen atoms in total. The predicted molar refractivity (Wildman–Crippen MR) is 76.8 cm³/mol. The van der Waals surface area contributed by atoms with Crippen LogP contribution in [0.5, 0.6) is 0 Å². The number of rotatable bonds is 3. The fourth-order valence-electron chi connectivity index (χ4n) is 1.69. The van der Waals surface area contributed by atoms with E-state index in [2.05, 4.69) is 36.2 Å². The van der Waals surface area contributed by atoms with Crippen LogP contribution in [0.3, 0.4) is 0 Å². The van der Waals surface area contributed by atoms with Crippen molar-refractivity contribution >= 4 is 23.7 Å². The molecular formula is C13H17ClN2S. The molecule has 4 heteroatoms. The topological polar surface area (TPSA) is 38.9 Å². The van der Waals surface area contributed by atoms with E-state index in [-0.39, 0.29) is 18.4 Å². The zero-order valence-corrected chi connectivity index (χ0v) is 11.6.